The molecule has 1 nitrogen and oxygen atoms in total. The van der Waals surface area contributed by atoms with Crippen LogP contribution in [0.5, 0.6) is 0 Å². The minimum atomic E-state index is -0.745. The first-order valence-electron chi connectivity index (χ1n) is 4.17. The van der Waals surface area contributed by atoms with Gasteiger partial charge in [-0.2, -0.15) is 0 Å². The van der Waals surface area contributed by atoms with Crippen LogP contribution in [0.15, 0.2) is 38.0 Å². The van der Waals surface area contributed by atoms with E-state index in [4.69, 9.17) is 0 Å². The highest BCUT2D eigenvalue weighted by molar-refractivity contribution is 5.00. The highest BCUT2D eigenvalue weighted by atomic mass is 16.3. The summed E-state index contributed by atoms with van der Waals surface area (Å²) in [6.45, 7) is 12.8. The van der Waals surface area contributed by atoms with Crippen LogP contribution in [0.1, 0.15) is 19.8 Å². The van der Waals surface area contributed by atoms with Crippen molar-refractivity contribution in [3.8, 4) is 0 Å². The van der Waals surface area contributed by atoms with Crippen molar-refractivity contribution in [2.45, 2.75) is 25.4 Å². The summed E-state index contributed by atoms with van der Waals surface area (Å²) >= 11 is 0. The Morgan fingerprint density at radius 2 is 1.67 bits per heavy atom. The van der Waals surface area contributed by atoms with E-state index in [1.54, 1.807) is 18.2 Å². The van der Waals surface area contributed by atoms with Gasteiger partial charge in [0.25, 0.3) is 0 Å². The molecule has 0 aliphatic heterocycles. The smallest absolute Gasteiger partial charge is 0.0775 e. The lowest BCUT2D eigenvalue weighted by atomic mass is 9.83. The van der Waals surface area contributed by atoms with Gasteiger partial charge in [0.1, 0.15) is 0 Å². The Balaban J connectivity index is 4.45. The minimum absolute atomic E-state index is 0.0634. The molecule has 0 aliphatic carbocycles. The highest BCUT2D eigenvalue weighted by Crippen LogP contribution is 2.26. The first kappa shape index (κ1) is 11.2. The van der Waals surface area contributed by atoms with E-state index in [-0.39, 0.29) is 5.92 Å². The summed E-state index contributed by atoms with van der Waals surface area (Å²) in [4.78, 5) is 0. The number of hydrogen-bond donors (Lipinski definition) is 1. The van der Waals surface area contributed by atoms with Gasteiger partial charge < -0.3 is 5.11 Å². The van der Waals surface area contributed by atoms with E-state index in [0.29, 0.717) is 12.8 Å². The molecule has 1 heteroatoms. The number of aliphatic hydroxyl groups is 1. The van der Waals surface area contributed by atoms with Crippen molar-refractivity contribution in [1.82, 2.24) is 0 Å². The highest BCUT2D eigenvalue weighted by Gasteiger charge is 2.28. The van der Waals surface area contributed by atoms with E-state index in [9.17, 15) is 5.11 Å². The van der Waals surface area contributed by atoms with E-state index in [2.05, 4.69) is 19.7 Å². The second-order valence-corrected chi connectivity index (χ2v) is 3.11. The molecule has 0 saturated heterocycles. The van der Waals surface area contributed by atoms with Crippen LogP contribution >= 0.6 is 0 Å². The standard InChI is InChI=1S/C11H18O/c1-5-8-11(12,9-6-2)10(4)7-3/h5-7,10,12H,1-3,8-9H2,4H3. The van der Waals surface area contributed by atoms with Crippen molar-refractivity contribution in [1.29, 1.82) is 0 Å². The van der Waals surface area contributed by atoms with Gasteiger partial charge in [-0.15, -0.1) is 19.7 Å². The zero-order valence-electron chi connectivity index (χ0n) is 7.79. The van der Waals surface area contributed by atoms with Crippen LogP contribution in [0, 0.1) is 5.92 Å². The fourth-order valence-corrected chi connectivity index (χ4v) is 1.17. The van der Waals surface area contributed by atoms with E-state index >= 15 is 0 Å². The van der Waals surface area contributed by atoms with Gasteiger partial charge in [0.05, 0.1) is 5.60 Å². The fourth-order valence-electron chi connectivity index (χ4n) is 1.17. The average Bonchev–Trinajstić information content (AvgIpc) is 2.04. The Morgan fingerprint density at radius 3 is 1.92 bits per heavy atom. The minimum Gasteiger partial charge on any atom is -0.389 e. The van der Waals surface area contributed by atoms with Crippen LogP contribution in [-0.4, -0.2) is 10.7 Å². The SMILES string of the molecule is C=CCC(O)(CC=C)C(C)C=C. The summed E-state index contributed by atoms with van der Waals surface area (Å²) in [7, 11) is 0. The lowest BCUT2D eigenvalue weighted by molar-refractivity contribution is 0.0116. The van der Waals surface area contributed by atoms with Crippen LogP contribution < -0.4 is 0 Å². The molecule has 1 N–H and O–H groups in total. The van der Waals surface area contributed by atoms with E-state index in [1.165, 1.54) is 0 Å². The maximum atomic E-state index is 10.1. The third-order valence-electron chi connectivity index (χ3n) is 2.20. The molecule has 1 atom stereocenters. The van der Waals surface area contributed by atoms with Crippen molar-refractivity contribution in [2.24, 2.45) is 5.92 Å². The van der Waals surface area contributed by atoms with Gasteiger partial charge in [-0.3, -0.25) is 0 Å². The van der Waals surface area contributed by atoms with Gasteiger partial charge in [0.15, 0.2) is 0 Å². The van der Waals surface area contributed by atoms with Gasteiger partial charge in [0.2, 0.25) is 0 Å². The summed E-state index contributed by atoms with van der Waals surface area (Å²) in [6.07, 6.45) is 6.36. The Labute approximate surface area is 75.1 Å². The number of rotatable bonds is 6. The van der Waals surface area contributed by atoms with Crippen molar-refractivity contribution >= 4 is 0 Å². The molecule has 12 heavy (non-hydrogen) atoms. The third kappa shape index (κ3) is 2.67. The van der Waals surface area contributed by atoms with Gasteiger partial charge in [-0.1, -0.05) is 25.2 Å². The molecule has 1 unspecified atom stereocenters. The lowest BCUT2D eigenvalue weighted by Gasteiger charge is -2.30. The Morgan fingerprint density at radius 1 is 1.25 bits per heavy atom. The van der Waals surface area contributed by atoms with Gasteiger partial charge in [0, 0.05) is 5.92 Å². The molecule has 0 radical (unpaired) electrons. The average molecular weight is 166 g/mol. The summed E-state index contributed by atoms with van der Waals surface area (Å²) in [5, 5.41) is 10.1. The van der Waals surface area contributed by atoms with Crippen molar-refractivity contribution < 1.29 is 5.11 Å². The molecule has 0 bridgehead atoms. The molecule has 0 rings (SSSR count). The van der Waals surface area contributed by atoms with Crippen molar-refractivity contribution in [3.63, 3.8) is 0 Å². The first-order valence-corrected chi connectivity index (χ1v) is 4.17. The second-order valence-electron chi connectivity index (χ2n) is 3.11. The summed E-state index contributed by atoms with van der Waals surface area (Å²) < 4.78 is 0. The maximum absolute atomic E-state index is 10.1. The molecule has 0 heterocycles. The quantitative estimate of drug-likeness (QED) is 0.601. The zero-order valence-corrected chi connectivity index (χ0v) is 7.79. The largest absolute Gasteiger partial charge is 0.389 e. The third-order valence-corrected chi connectivity index (χ3v) is 2.20. The Hall–Kier alpha value is -0.820. The molecule has 0 amide bonds. The zero-order chi connectivity index (χ0) is 9.61. The van der Waals surface area contributed by atoms with Crippen LogP contribution in [0.4, 0.5) is 0 Å². The fraction of sp³-hybridized carbons (Fsp3) is 0.455. The van der Waals surface area contributed by atoms with E-state index < -0.39 is 5.60 Å². The monoisotopic (exact) mass is 166 g/mol. The molecule has 0 aliphatic rings. The Bertz CT molecular complexity index is 160. The van der Waals surface area contributed by atoms with Crippen molar-refractivity contribution in [3.05, 3.63) is 38.0 Å². The summed E-state index contributed by atoms with van der Waals surface area (Å²) in [6, 6.07) is 0. The number of hydrogen-bond acceptors (Lipinski definition) is 1. The van der Waals surface area contributed by atoms with Crippen LogP contribution in [-0.2, 0) is 0 Å². The molecule has 0 aromatic heterocycles. The molecule has 0 saturated carbocycles. The molecule has 0 spiro atoms. The van der Waals surface area contributed by atoms with Crippen LogP contribution in [0.3, 0.4) is 0 Å². The molecular formula is C11H18O. The molecule has 0 aromatic carbocycles. The van der Waals surface area contributed by atoms with E-state index in [1.807, 2.05) is 6.92 Å². The van der Waals surface area contributed by atoms with Gasteiger partial charge in [-0.05, 0) is 12.8 Å². The lowest BCUT2D eigenvalue weighted by Crippen LogP contribution is -2.34. The Kier molecular flexibility index (Phi) is 4.60. The maximum Gasteiger partial charge on any atom is 0.0775 e. The summed E-state index contributed by atoms with van der Waals surface area (Å²) in [5.41, 5.74) is -0.745. The molecule has 0 aromatic rings. The summed E-state index contributed by atoms with van der Waals surface area (Å²) in [5.74, 6) is 0.0634. The second kappa shape index (κ2) is 4.94. The van der Waals surface area contributed by atoms with E-state index in [0.717, 1.165) is 0 Å². The van der Waals surface area contributed by atoms with Crippen molar-refractivity contribution in [2.75, 3.05) is 0 Å². The first-order chi connectivity index (χ1) is 5.60. The van der Waals surface area contributed by atoms with Gasteiger partial charge >= 0.3 is 0 Å². The molecular weight excluding hydrogens is 148 g/mol. The predicted octanol–water partition coefficient (Wildman–Crippen LogP) is 2.69. The topological polar surface area (TPSA) is 20.2 Å². The predicted molar refractivity (Wildman–Crippen MR) is 53.9 cm³/mol. The molecule has 0 fully saturated rings. The van der Waals surface area contributed by atoms with Crippen LogP contribution in [0.25, 0.3) is 0 Å². The van der Waals surface area contributed by atoms with Crippen LogP contribution in [0.2, 0.25) is 0 Å². The normalized spacial score (nSPS) is 13.5. The van der Waals surface area contributed by atoms with Gasteiger partial charge in [-0.25, -0.2) is 0 Å². The molecule has 68 valence electrons.